The molecule has 1 aromatic carbocycles. The standard InChI is InChI=1S/C16H20Cl2N2O4/c1-19(5-4-14(21)22)16(23)15(20-6-8-24-9-7-20)12-3-2-11(17)10-13(12)18/h2-3,10,15H,4-9H2,1H3,(H,21,22). The van der Waals surface area contributed by atoms with Crippen LogP contribution in [0.1, 0.15) is 18.0 Å². The third kappa shape index (κ3) is 4.83. The maximum absolute atomic E-state index is 13.0. The molecule has 0 bridgehead atoms. The van der Waals surface area contributed by atoms with E-state index in [-0.39, 0.29) is 18.9 Å². The highest BCUT2D eigenvalue weighted by Crippen LogP contribution is 2.31. The summed E-state index contributed by atoms with van der Waals surface area (Å²) in [6, 6.07) is 4.46. The topological polar surface area (TPSA) is 70.1 Å². The van der Waals surface area contributed by atoms with Crippen LogP contribution in [0.2, 0.25) is 10.0 Å². The second kappa shape index (κ2) is 8.67. The van der Waals surface area contributed by atoms with Crippen molar-refractivity contribution in [2.75, 3.05) is 39.9 Å². The summed E-state index contributed by atoms with van der Waals surface area (Å²) < 4.78 is 5.36. The van der Waals surface area contributed by atoms with E-state index in [0.717, 1.165) is 0 Å². The van der Waals surface area contributed by atoms with Crippen molar-refractivity contribution in [2.24, 2.45) is 0 Å². The number of ether oxygens (including phenoxy) is 1. The fourth-order valence-corrected chi connectivity index (χ4v) is 3.14. The van der Waals surface area contributed by atoms with Gasteiger partial charge in [0, 0.05) is 36.7 Å². The van der Waals surface area contributed by atoms with Gasteiger partial charge in [0.25, 0.3) is 0 Å². The van der Waals surface area contributed by atoms with E-state index in [2.05, 4.69) is 0 Å². The summed E-state index contributed by atoms with van der Waals surface area (Å²) in [4.78, 5) is 27.1. The molecule has 0 aliphatic carbocycles. The molecular weight excluding hydrogens is 355 g/mol. The zero-order chi connectivity index (χ0) is 17.7. The zero-order valence-corrected chi connectivity index (χ0v) is 14.9. The molecule has 0 saturated carbocycles. The average molecular weight is 375 g/mol. The minimum absolute atomic E-state index is 0.105. The van der Waals surface area contributed by atoms with Gasteiger partial charge < -0.3 is 14.7 Å². The number of benzene rings is 1. The highest BCUT2D eigenvalue weighted by atomic mass is 35.5. The van der Waals surface area contributed by atoms with E-state index < -0.39 is 12.0 Å². The summed E-state index contributed by atoms with van der Waals surface area (Å²) in [6.45, 7) is 2.41. The Morgan fingerprint density at radius 2 is 2.00 bits per heavy atom. The second-order valence-electron chi connectivity index (χ2n) is 5.62. The van der Waals surface area contributed by atoms with Crippen LogP contribution in [0.3, 0.4) is 0 Å². The van der Waals surface area contributed by atoms with Gasteiger partial charge in [0.05, 0.1) is 19.6 Å². The zero-order valence-electron chi connectivity index (χ0n) is 13.4. The van der Waals surface area contributed by atoms with Crippen LogP contribution in [-0.4, -0.2) is 66.7 Å². The fourth-order valence-electron chi connectivity index (χ4n) is 2.63. The molecule has 1 aromatic rings. The smallest absolute Gasteiger partial charge is 0.305 e. The molecule has 8 heteroatoms. The first kappa shape index (κ1) is 19.0. The van der Waals surface area contributed by atoms with Gasteiger partial charge in [-0.3, -0.25) is 14.5 Å². The van der Waals surface area contributed by atoms with E-state index in [1.54, 1.807) is 25.2 Å². The van der Waals surface area contributed by atoms with Crippen molar-refractivity contribution in [2.45, 2.75) is 12.5 Å². The molecule has 0 spiro atoms. The highest BCUT2D eigenvalue weighted by molar-refractivity contribution is 6.35. The van der Waals surface area contributed by atoms with Crippen molar-refractivity contribution in [1.29, 1.82) is 0 Å². The van der Waals surface area contributed by atoms with E-state index >= 15 is 0 Å². The monoisotopic (exact) mass is 374 g/mol. The van der Waals surface area contributed by atoms with E-state index in [1.807, 2.05) is 4.90 Å². The molecule has 1 N–H and O–H groups in total. The van der Waals surface area contributed by atoms with Crippen molar-refractivity contribution >= 4 is 35.1 Å². The molecule has 1 saturated heterocycles. The summed E-state index contributed by atoms with van der Waals surface area (Å²) in [7, 11) is 1.60. The maximum Gasteiger partial charge on any atom is 0.305 e. The lowest BCUT2D eigenvalue weighted by atomic mass is 10.0. The number of halogens is 2. The third-order valence-corrected chi connectivity index (χ3v) is 4.50. The molecule has 1 aliphatic heterocycles. The van der Waals surface area contributed by atoms with Gasteiger partial charge in [0.2, 0.25) is 5.91 Å². The van der Waals surface area contributed by atoms with Gasteiger partial charge in [0.15, 0.2) is 0 Å². The number of carboxylic acid groups (broad SMARTS) is 1. The number of morpholine rings is 1. The van der Waals surface area contributed by atoms with Crippen LogP contribution >= 0.6 is 23.2 Å². The molecular formula is C16H20Cl2N2O4. The number of likely N-dealkylation sites (N-methyl/N-ethyl adjacent to an activating group) is 1. The van der Waals surface area contributed by atoms with Gasteiger partial charge in [-0.15, -0.1) is 0 Å². The normalized spacial score (nSPS) is 16.6. The highest BCUT2D eigenvalue weighted by Gasteiger charge is 2.32. The lowest BCUT2D eigenvalue weighted by molar-refractivity contribution is -0.140. The van der Waals surface area contributed by atoms with E-state index in [1.165, 1.54) is 4.90 Å². The summed E-state index contributed by atoms with van der Waals surface area (Å²) >= 11 is 12.3. The molecule has 24 heavy (non-hydrogen) atoms. The van der Waals surface area contributed by atoms with Gasteiger partial charge in [-0.1, -0.05) is 29.3 Å². The first-order chi connectivity index (χ1) is 11.4. The lowest BCUT2D eigenvalue weighted by Gasteiger charge is -2.36. The van der Waals surface area contributed by atoms with E-state index in [4.69, 9.17) is 33.0 Å². The van der Waals surface area contributed by atoms with Crippen LogP contribution in [0.15, 0.2) is 18.2 Å². The molecule has 1 atom stereocenters. The molecule has 132 valence electrons. The number of hydrogen-bond donors (Lipinski definition) is 1. The molecule has 2 rings (SSSR count). The number of nitrogens with zero attached hydrogens (tertiary/aromatic N) is 2. The number of carbonyl (C=O) groups is 2. The number of carboxylic acids is 1. The summed E-state index contributed by atoms with van der Waals surface area (Å²) in [6.07, 6.45) is -0.105. The number of amides is 1. The molecule has 6 nitrogen and oxygen atoms in total. The van der Waals surface area contributed by atoms with Crippen LogP contribution in [0.5, 0.6) is 0 Å². The first-order valence-electron chi connectivity index (χ1n) is 7.63. The Morgan fingerprint density at radius 3 is 2.58 bits per heavy atom. The Balaban J connectivity index is 2.28. The summed E-state index contributed by atoms with van der Waals surface area (Å²) in [5.74, 6) is -1.13. The molecule has 1 unspecified atom stereocenters. The number of rotatable bonds is 6. The van der Waals surface area contributed by atoms with Crippen molar-refractivity contribution in [3.05, 3.63) is 33.8 Å². The largest absolute Gasteiger partial charge is 0.481 e. The van der Waals surface area contributed by atoms with Gasteiger partial charge in [-0.05, 0) is 17.7 Å². The van der Waals surface area contributed by atoms with Crippen LogP contribution in [0.25, 0.3) is 0 Å². The lowest BCUT2D eigenvalue weighted by Crippen LogP contribution is -2.46. The molecule has 0 aromatic heterocycles. The second-order valence-corrected chi connectivity index (χ2v) is 6.46. The molecule has 1 heterocycles. The van der Waals surface area contributed by atoms with Crippen LogP contribution < -0.4 is 0 Å². The predicted octanol–water partition coefficient (Wildman–Crippen LogP) is 2.30. The Morgan fingerprint density at radius 1 is 1.33 bits per heavy atom. The van der Waals surface area contributed by atoms with Crippen molar-refractivity contribution in [3.63, 3.8) is 0 Å². The molecule has 1 fully saturated rings. The van der Waals surface area contributed by atoms with E-state index in [9.17, 15) is 9.59 Å². The summed E-state index contributed by atoms with van der Waals surface area (Å²) in [5, 5.41) is 9.73. The summed E-state index contributed by atoms with van der Waals surface area (Å²) in [5.41, 5.74) is 0.662. The van der Waals surface area contributed by atoms with Gasteiger partial charge in [-0.25, -0.2) is 0 Å². The SMILES string of the molecule is CN(CCC(=O)O)C(=O)C(c1ccc(Cl)cc1Cl)N1CCOCC1. The van der Waals surface area contributed by atoms with Gasteiger partial charge >= 0.3 is 5.97 Å². The quantitative estimate of drug-likeness (QED) is 0.826. The molecule has 1 amide bonds. The van der Waals surface area contributed by atoms with Crippen LogP contribution in [0.4, 0.5) is 0 Å². The predicted molar refractivity (Wildman–Crippen MR) is 91.5 cm³/mol. The number of carbonyl (C=O) groups excluding carboxylic acids is 1. The third-order valence-electron chi connectivity index (χ3n) is 3.94. The van der Waals surface area contributed by atoms with Crippen LogP contribution in [0, 0.1) is 0 Å². The Labute approximate surface area is 150 Å². The maximum atomic E-state index is 13.0. The van der Waals surface area contributed by atoms with Gasteiger partial charge in [0.1, 0.15) is 6.04 Å². The van der Waals surface area contributed by atoms with Crippen molar-refractivity contribution in [3.8, 4) is 0 Å². The molecule has 1 aliphatic rings. The van der Waals surface area contributed by atoms with Crippen LogP contribution in [-0.2, 0) is 14.3 Å². The minimum atomic E-state index is -0.943. The number of aliphatic carboxylic acids is 1. The van der Waals surface area contributed by atoms with Crippen molar-refractivity contribution < 1.29 is 19.4 Å². The average Bonchev–Trinajstić information content (AvgIpc) is 2.55. The Hall–Kier alpha value is -1.34. The van der Waals surface area contributed by atoms with E-state index in [0.29, 0.717) is 41.9 Å². The number of hydrogen-bond acceptors (Lipinski definition) is 4. The molecule has 0 radical (unpaired) electrons. The minimum Gasteiger partial charge on any atom is -0.481 e. The fraction of sp³-hybridized carbons (Fsp3) is 0.500. The first-order valence-corrected chi connectivity index (χ1v) is 8.39. The van der Waals surface area contributed by atoms with Crippen molar-refractivity contribution in [1.82, 2.24) is 9.80 Å². The Kier molecular flexibility index (Phi) is 6.86. The van der Waals surface area contributed by atoms with Gasteiger partial charge in [-0.2, -0.15) is 0 Å². The Bertz CT molecular complexity index is 606.